The minimum atomic E-state index is -0.707. The van der Waals surface area contributed by atoms with Crippen LogP contribution in [0.4, 0.5) is 0 Å². The van der Waals surface area contributed by atoms with Crippen molar-refractivity contribution < 1.29 is 14.3 Å². The third kappa shape index (κ3) is 4.00. The largest absolute Gasteiger partial charge is 0.454 e. The van der Waals surface area contributed by atoms with Gasteiger partial charge < -0.3 is 9.72 Å². The van der Waals surface area contributed by atoms with Gasteiger partial charge >= 0.3 is 5.97 Å². The maximum Gasteiger partial charge on any atom is 0.306 e. The number of carbonyl (C=O) groups excluding carboxylic acids is 2. The van der Waals surface area contributed by atoms with Crippen LogP contribution in [0.1, 0.15) is 41.4 Å². The molecular formula is C18H16N2O4S. The van der Waals surface area contributed by atoms with Gasteiger partial charge in [0.2, 0.25) is 0 Å². The first-order valence-electron chi connectivity index (χ1n) is 7.80. The number of ether oxygens (including phenoxy) is 1. The molecule has 128 valence electrons. The number of nitrogens with one attached hydrogen (secondary N) is 1. The van der Waals surface area contributed by atoms with Crippen LogP contribution in [-0.4, -0.2) is 21.7 Å². The van der Waals surface area contributed by atoms with Crippen molar-refractivity contribution in [1.82, 2.24) is 9.97 Å². The number of aromatic amines is 1. The average Bonchev–Trinajstić information content (AvgIpc) is 3.14. The lowest BCUT2D eigenvalue weighted by Gasteiger charge is -2.12. The first-order chi connectivity index (χ1) is 12.0. The predicted octanol–water partition coefficient (Wildman–Crippen LogP) is 3.25. The van der Waals surface area contributed by atoms with Crippen LogP contribution in [0.2, 0.25) is 0 Å². The molecule has 0 aliphatic carbocycles. The van der Waals surface area contributed by atoms with Crippen molar-refractivity contribution >= 4 is 34.0 Å². The highest BCUT2D eigenvalue weighted by Gasteiger charge is 2.17. The van der Waals surface area contributed by atoms with E-state index >= 15 is 0 Å². The molecule has 3 rings (SSSR count). The second-order valence-electron chi connectivity index (χ2n) is 5.50. The van der Waals surface area contributed by atoms with E-state index in [0.717, 1.165) is 0 Å². The molecule has 0 bridgehead atoms. The Bertz CT molecular complexity index is 963. The summed E-state index contributed by atoms with van der Waals surface area (Å²) >= 11 is 1.34. The van der Waals surface area contributed by atoms with Crippen LogP contribution in [0.15, 0.2) is 46.6 Å². The molecule has 1 aromatic carbocycles. The molecule has 2 heterocycles. The van der Waals surface area contributed by atoms with E-state index in [-0.39, 0.29) is 30.0 Å². The van der Waals surface area contributed by atoms with Gasteiger partial charge in [0.15, 0.2) is 17.7 Å². The van der Waals surface area contributed by atoms with Crippen molar-refractivity contribution in [2.45, 2.75) is 25.9 Å². The Labute approximate surface area is 147 Å². The van der Waals surface area contributed by atoms with E-state index in [1.165, 1.54) is 11.3 Å². The molecular weight excluding hydrogens is 340 g/mol. The van der Waals surface area contributed by atoms with Gasteiger partial charge in [-0.2, -0.15) is 0 Å². The van der Waals surface area contributed by atoms with Crippen molar-refractivity contribution in [3.05, 3.63) is 62.8 Å². The Hall–Kier alpha value is -2.80. The number of fused-ring (bicyclic) bond motifs is 1. The average molecular weight is 356 g/mol. The van der Waals surface area contributed by atoms with Gasteiger partial charge in [-0.15, -0.1) is 11.3 Å². The van der Waals surface area contributed by atoms with Crippen LogP contribution in [0.25, 0.3) is 10.9 Å². The summed E-state index contributed by atoms with van der Waals surface area (Å²) in [5.74, 6) is -0.313. The Morgan fingerprint density at radius 3 is 2.76 bits per heavy atom. The summed E-state index contributed by atoms with van der Waals surface area (Å²) in [5.41, 5.74) is 0.258. The van der Waals surface area contributed by atoms with Gasteiger partial charge in [-0.05, 0) is 30.5 Å². The Morgan fingerprint density at radius 1 is 1.20 bits per heavy atom. The fourth-order valence-corrected chi connectivity index (χ4v) is 3.08. The summed E-state index contributed by atoms with van der Waals surface area (Å²) in [6, 6.07) is 10.5. The summed E-state index contributed by atoms with van der Waals surface area (Å²) < 4.78 is 5.29. The topological polar surface area (TPSA) is 89.1 Å². The maximum atomic E-state index is 12.1. The smallest absolute Gasteiger partial charge is 0.306 e. The number of para-hydroxylation sites is 1. The summed E-state index contributed by atoms with van der Waals surface area (Å²) in [6.07, 6.45) is -0.631. The van der Waals surface area contributed by atoms with E-state index in [1.807, 2.05) is 5.38 Å². The lowest BCUT2D eigenvalue weighted by molar-refractivity contribution is -0.148. The standard InChI is InChI=1S/C18H16N2O4S/c1-11(17-19-13-6-3-2-5-12(13)18(23)20-17)24-16(22)9-8-14(21)15-7-4-10-25-15/h2-7,10-11H,8-9H2,1H3,(H,19,20,23). The van der Waals surface area contributed by atoms with Crippen LogP contribution in [0, 0.1) is 0 Å². The Kier molecular flexibility index (Phi) is 5.04. The van der Waals surface area contributed by atoms with Crippen molar-refractivity contribution in [2.24, 2.45) is 0 Å². The maximum absolute atomic E-state index is 12.1. The molecule has 7 heteroatoms. The fraction of sp³-hybridized carbons (Fsp3) is 0.222. The van der Waals surface area contributed by atoms with E-state index in [1.54, 1.807) is 43.3 Å². The number of ketones is 1. The van der Waals surface area contributed by atoms with Gasteiger partial charge in [0, 0.05) is 6.42 Å². The summed E-state index contributed by atoms with van der Waals surface area (Å²) in [7, 11) is 0. The normalized spacial score (nSPS) is 12.0. The first kappa shape index (κ1) is 17.0. The SMILES string of the molecule is CC(OC(=O)CCC(=O)c1cccs1)c1nc2ccccc2c(=O)[nH]1. The number of hydrogen-bond acceptors (Lipinski definition) is 6. The Balaban J connectivity index is 1.63. The highest BCUT2D eigenvalue weighted by Crippen LogP contribution is 2.17. The van der Waals surface area contributed by atoms with Crippen molar-refractivity contribution in [1.29, 1.82) is 0 Å². The number of benzene rings is 1. The zero-order chi connectivity index (χ0) is 17.8. The number of carbonyl (C=O) groups is 2. The van der Waals surface area contributed by atoms with Gasteiger partial charge in [0.1, 0.15) is 0 Å². The molecule has 1 atom stereocenters. The van der Waals surface area contributed by atoms with Crippen molar-refractivity contribution in [2.75, 3.05) is 0 Å². The summed E-state index contributed by atoms with van der Waals surface area (Å²) in [5, 5.41) is 2.29. The number of nitrogens with zero attached hydrogens (tertiary/aromatic N) is 1. The lowest BCUT2D eigenvalue weighted by atomic mass is 10.2. The third-order valence-electron chi connectivity index (χ3n) is 3.68. The number of Topliss-reactive ketones (excluding diaryl/α,β-unsaturated/α-hetero) is 1. The molecule has 3 aromatic rings. The molecule has 0 aliphatic rings. The molecule has 0 amide bonds. The molecule has 0 aliphatic heterocycles. The number of thiophene rings is 1. The van der Waals surface area contributed by atoms with E-state index in [2.05, 4.69) is 9.97 Å². The monoisotopic (exact) mass is 356 g/mol. The number of H-pyrrole nitrogens is 1. The molecule has 0 saturated carbocycles. The minimum absolute atomic E-state index is 0.0150. The van der Waals surface area contributed by atoms with Gasteiger partial charge in [-0.1, -0.05) is 18.2 Å². The second kappa shape index (κ2) is 7.40. The number of esters is 1. The summed E-state index contributed by atoms with van der Waals surface area (Å²) in [6.45, 7) is 1.63. The van der Waals surface area contributed by atoms with Crippen LogP contribution in [0.5, 0.6) is 0 Å². The fourth-order valence-electron chi connectivity index (χ4n) is 2.38. The van der Waals surface area contributed by atoms with Gasteiger partial charge in [0.05, 0.1) is 22.2 Å². The van der Waals surface area contributed by atoms with Crippen molar-refractivity contribution in [3.8, 4) is 0 Å². The van der Waals surface area contributed by atoms with Crippen LogP contribution in [0.3, 0.4) is 0 Å². The minimum Gasteiger partial charge on any atom is -0.454 e. The first-order valence-corrected chi connectivity index (χ1v) is 8.67. The van der Waals surface area contributed by atoms with Gasteiger partial charge in [-0.25, -0.2) is 4.98 Å². The zero-order valence-corrected chi connectivity index (χ0v) is 14.3. The lowest BCUT2D eigenvalue weighted by Crippen LogP contribution is -2.17. The molecule has 0 saturated heterocycles. The molecule has 0 radical (unpaired) electrons. The predicted molar refractivity (Wildman–Crippen MR) is 94.8 cm³/mol. The van der Waals surface area contributed by atoms with Gasteiger partial charge in [0.25, 0.3) is 5.56 Å². The van der Waals surface area contributed by atoms with E-state index in [9.17, 15) is 14.4 Å². The number of hydrogen-bond donors (Lipinski definition) is 1. The van der Waals surface area contributed by atoms with Crippen LogP contribution >= 0.6 is 11.3 Å². The van der Waals surface area contributed by atoms with Crippen molar-refractivity contribution in [3.63, 3.8) is 0 Å². The zero-order valence-electron chi connectivity index (χ0n) is 13.5. The molecule has 2 aromatic heterocycles. The number of aromatic nitrogens is 2. The molecule has 1 N–H and O–H groups in total. The van der Waals surface area contributed by atoms with Crippen LogP contribution in [-0.2, 0) is 9.53 Å². The molecule has 0 spiro atoms. The van der Waals surface area contributed by atoms with E-state index in [4.69, 9.17) is 4.74 Å². The second-order valence-corrected chi connectivity index (χ2v) is 6.45. The van der Waals surface area contributed by atoms with E-state index < -0.39 is 12.1 Å². The van der Waals surface area contributed by atoms with Gasteiger partial charge in [-0.3, -0.25) is 14.4 Å². The summed E-state index contributed by atoms with van der Waals surface area (Å²) in [4.78, 5) is 43.5. The number of rotatable bonds is 6. The highest BCUT2D eigenvalue weighted by atomic mass is 32.1. The molecule has 1 unspecified atom stereocenters. The molecule has 25 heavy (non-hydrogen) atoms. The third-order valence-corrected chi connectivity index (χ3v) is 4.59. The molecule has 6 nitrogen and oxygen atoms in total. The quantitative estimate of drug-likeness (QED) is 0.541. The highest BCUT2D eigenvalue weighted by molar-refractivity contribution is 7.12. The van der Waals surface area contributed by atoms with E-state index in [0.29, 0.717) is 15.8 Å². The van der Waals surface area contributed by atoms with Crippen LogP contribution < -0.4 is 5.56 Å². The Morgan fingerprint density at radius 2 is 2.00 bits per heavy atom. The molecule has 0 fully saturated rings.